The van der Waals surface area contributed by atoms with E-state index in [-0.39, 0.29) is 5.91 Å². The summed E-state index contributed by atoms with van der Waals surface area (Å²) in [5, 5.41) is 2.86. The zero-order chi connectivity index (χ0) is 13.1. The standard InChI is InChI=1S/C14H11Br2NO/c1-9-2-7-12(13(16)8-9)14(18)17-11-5-3-10(15)4-6-11/h2-8H,1H3,(H,17,18). The summed E-state index contributed by atoms with van der Waals surface area (Å²) >= 11 is 6.76. The maximum absolute atomic E-state index is 12.1. The second-order valence-electron chi connectivity index (χ2n) is 3.94. The van der Waals surface area contributed by atoms with Crippen LogP contribution in [0.5, 0.6) is 0 Å². The molecule has 1 amide bonds. The van der Waals surface area contributed by atoms with E-state index >= 15 is 0 Å². The summed E-state index contributed by atoms with van der Waals surface area (Å²) < 4.78 is 1.79. The maximum Gasteiger partial charge on any atom is 0.256 e. The van der Waals surface area contributed by atoms with Crippen molar-refractivity contribution >= 4 is 43.5 Å². The number of nitrogens with one attached hydrogen (secondary N) is 1. The van der Waals surface area contributed by atoms with Gasteiger partial charge in [-0.05, 0) is 64.8 Å². The van der Waals surface area contributed by atoms with Gasteiger partial charge >= 0.3 is 0 Å². The van der Waals surface area contributed by atoms with Crippen molar-refractivity contribution in [3.63, 3.8) is 0 Å². The number of aryl methyl sites for hydroxylation is 1. The molecule has 2 rings (SSSR count). The van der Waals surface area contributed by atoms with Crippen molar-refractivity contribution in [1.82, 2.24) is 0 Å². The molecule has 2 nitrogen and oxygen atoms in total. The van der Waals surface area contributed by atoms with Gasteiger partial charge in [0.2, 0.25) is 0 Å². The van der Waals surface area contributed by atoms with Crippen LogP contribution in [0.15, 0.2) is 51.4 Å². The molecule has 18 heavy (non-hydrogen) atoms. The van der Waals surface area contributed by atoms with Crippen molar-refractivity contribution in [2.75, 3.05) is 5.32 Å². The summed E-state index contributed by atoms with van der Waals surface area (Å²) in [6.07, 6.45) is 0. The van der Waals surface area contributed by atoms with Crippen LogP contribution in [0, 0.1) is 6.92 Å². The molecule has 2 aromatic rings. The Morgan fingerprint density at radius 2 is 1.72 bits per heavy atom. The van der Waals surface area contributed by atoms with Crippen molar-refractivity contribution in [3.8, 4) is 0 Å². The average molecular weight is 369 g/mol. The predicted octanol–water partition coefficient (Wildman–Crippen LogP) is 4.77. The number of carbonyl (C=O) groups is 1. The third-order valence-corrected chi connectivity index (χ3v) is 3.66. The first kappa shape index (κ1) is 13.3. The van der Waals surface area contributed by atoms with Crippen LogP contribution in [0.1, 0.15) is 15.9 Å². The molecule has 0 fully saturated rings. The number of carbonyl (C=O) groups excluding carboxylic acids is 1. The Bertz CT molecular complexity index is 579. The molecule has 0 saturated heterocycles. The molecule has 4 heteroatoms. The van der Waals surface area contributed by atoms with E-state index in [1.165, 1.54) is 0 Å². The van der Waals surface area contributed by atoms with Crippen molar-refractivity contribution in [2.45, 2.75) is 6.92 Å². The highest BCUT2D eigenvalue weighted by Crippen LogP contribution is 2.20. The van der Waals surface area contributed by atoms with Crippen LogP contribution >= 0.6 is 31.9 Å². The molecule has 2 aromatic carbocycles. The molecule has 0 bridgehead atoms. The van der Waals surface area contributed by atoms with Gasteiger partial charge in [-0.15, -0.1) is 0 Å². The Labute approximate surface area is 123 Å². The first-order valence-electron chi connectivity index (χ1n) is 5.39. The summed E-state index contributed by atoms with van der Waals surface area (Å²) in [4.78, 5) is 12.1. The van der Waals surface area contributed by atoms with Crippen LogP contribution < -0.4 is 5.32 Å². The first-order valence-corrected chi connectivity index (χ1v) is 6.98. The van der Waals surface area contributed by atoms with E-state index in [4.69, 9.17) is 0 Å². The lowest BCUT2D eigenvalue weighted by Crippen LogP contribution is -2.12. The lowest BCUT2D eigenvalue weighted by molar-refractivity contribution is 0.102. The summed E-state index contributed by atoms with van der Waals surface area (Å²) in [5.74, 6) is -0.121. The minimum absolute atomic E-state index is 0.121. The molecule has 0 spiro atoms. The molecular formula is C14H11Br2NO. The Balaban J connectivity index is 2.19. The molecule has 0 aliphatic rings. The average Bonchev–Trinajstić information content (AvgIpc) is 2.32. The number of anilines is 1. The van der Waals surface area contributed by atoms with Gasteiger partial charge in [-0.3, -0.25) is 4.79 Å². The molecule has 92 valence electrons. The van der Waals surface area contributed by atoms with Crippen molar-refractivity contribution in [3.05, 3.63) is 62.5 Å². The monoisotopic (exact) mass is 367 g/mol. The molecule has 0 aromatic heterocycles. The molecule has 0 aliphatic heterocycles. The lowest BCUT2D eigenvalue weighted by atomic mass is 10.1. The fourth-order valence-corrected chi connectivity index (χ4v) is 2.47. The van der Waals surface area contributed by atoms with E-state index in [1.54, 1.807) is 0 Å². The van der Waals surface area contributed by atoms with Crippen LogP contribution in [0.2, 0.25) is 0 Å². The zero-order valence-electron chi connectivity index (χ0n) is 9.71. The molecule has 0 saturated carbocycles. The van der Waals surface area contributed by atoms with Gasteiger partial charge in [0, 0.05) is 14.6 Å². The van der Waals surface area contributed by atoms with Gasteiger partial charge in [0.25, 0.3) is 5.91 Å². The first-order chi connectivity index (χ1) is 8.56. The van der Waals surface area contributed by atoms with Crippen LogP contribution in [0.25, 0.3) is 0 Å². The topological polar surface area (TPSA) is 29.1 Å². The summed E-state index contributed by atoms with van der Waals surface area (Å²) in [6, 6.07) is 13.1. The zero-order valence-corrected chi connectivity index (χ0v) is 12.9. The normalized spacial score (nSPS) is 10.2. The van der Waals surface area contributed by atoms with Gasteiger partial charge in [0.05, 0.1) is 5.56 Å². The largest absolute Gasteiger partial charge is 0.322 e. The highest BCUT2D eigenvalue weighted by molar-refractivity contribution is 9.10. The summed E-state index contributed by atoms with van der Waals surface area (Å²) in [5.41, 5.74) is 2.52. The third-order valence-electron chi connectivity index (χ3n) is 2.47. The number of hydrogen-bond donors (Lipinski definition) is 1. The molecule has 0 heterocycles. The molecule has 0 unspecified atom stereocenters. The van der Waals surface area contributed by atoms with Gasteiger partial charge < -0.3 is 5.32 Å². The molecule has 1 N–H and O–H groups in total. The van der Waals surface area contributed by atoms with E-state index in [9.17, 15) is 4.79 Å². The van der Waals surface area contributed by atoms with E-state index in [0.29, 0.717) is 5.56 Å². The van der Waals surface area contributed by atoms with E-state index in [1.807, 2.05) is 49.4 Å². The maximum atomic E-state index is 12.1. The highest BCUT2D eigenvalue weighted by Gasteiger charge is 2.09. The number of benzene rings is 2. The molecule has 0 aliphatic carbocycles. The van der Waals surface area contributed by atoms with E-state index < -0.39 is 0 Å². The Hall–Kier alpha value is -1.13. The van der Waals surface area contributed by atoms with Crippen LogP contribution in [0.4, 0.5) is 5.69 Å². The summed E-state index contributed by atoms with van der Waals surface area (Å²) in [7, 11) is 0. The number of rotatable bonds is 2. The lowest BCUT2D eigenvalue weighted by Gasteiger charge is -2.07. The Kier molecular flexibility index (Phi) is 4.19. The second kappa shape index (κ2) is 5.67. The second-order valence-corrected chi connectivity index (χ2v) is 5.71. The van der Waals surface area contributed by atoms with E-state index in [0.717, 1.165) is 20.2 Å². The smallest absolute Gasteiger partial charge is 0.256 e. The van der Waals surface area contributed by atoms with Gasteiger partial charge in [-0.2, -0.15) is 0 Å². The Morgan fingerprint density at radius 1 is 1.06 bits per heavy atom. The number of amides is 1. The van der Waals surface area contributed by atoms with Crippen LogP contribution in [-0.2, 0) is 0 Å². The number of hydrogen-bond acceptors (Lipinski definition) is 1. The van der Waals surface area contributed by atoms with Crippen LogP contribution in [-0.4, -0.2) is 5.91 Å². The Morgan fingerprint density at radius 3 is 2.33 bits per heavy atom. The number of halogens is 2. The minimum atomic E-state index is -0.121. The van der Waals surface area contributed by atoms with Crippen LogP contribution in [0.3, 0.4) is 0 Å². The predicted molar refractivity (Wildman–Crippen MR) is 81.0 cm³/mol. The van der Waals surface area contributed by atoms with E-state index in [2.05, 4.69) is 37.2 Å². The molecular weight excluding hydrogens is 358 g/mol. The highest BCUT2D eigenvalue weighted by atomic mass is 79.9. The van der Waals surface area contributed by atoms with Crippen molar-refractivity contribution in [2.24, 2.45) is 0 Å². The van der Waals surface area contributed by atoms with Gasteiger partial charge in [-0.1, -0.05) is 22.0 Å². The quantitative estimate of drug-likeness (QED) is 0.812. The van der Waals surface area contributed by atoms with Gasteiger partial charge in [-0.25, -0.2) is 0 Å². The molecule has 0 atom stereocenters. The van der Waals surface area contributed by atoms with Crippen molar-refractivity contribution < 1.29 is 4.79 Å². The van der Waals surface area contributed by atoms with Crippen molar-refractivity contribution in [1.29, 1.82) is 0 Å². The fourth-order valence-electron chi connectivity index (χ4n) is 1.54. The third kappa shape index (κ3) is 3.21. The van der Waals surface area contributed by atoms with Gasteiger partial charge in [0.1, 0.15) is 0 Å². The fraction of sp³-hybridized carbons (Fsp3) is 0.0714. The molecule has 0 radical (unpaired) electrons. The SMILES string of the molecule is Cc1ccc(C(=O)Nc2ccc(Br)cc2)c(Br)c1. The van der Waals surface area contributed by atoms with Gasteiger partial charge in [0.15, 0.2) is 0 Å². The summed E-state index contributed by atoms with van der Waals surface area (Å²) in [6.45, 7) is 1.99. The minimum Gasteiger partial charge on any atom is -0.322 e.